The molecule has 0 saturated heterocycles. The van der Waals surface area contributed by atoms with Gasteiger partial charge in [-0.15, -0.1) is 0 Å². The van der Waals surface area contributed by atoms with E-state index in [9.17, 15) is 4.79 Å². The predicted molar refractivity (Wildman–Crippen MR) is 55.1 cm³/mol. The fraction of sp³-hybridized carbons (Fsp3) is 0.500. The third-order valence-electron chi connectivity index (χ3n) is 1.89. The molecule has 0 spiro atoms. The SMILES string of the molecule is CC(C)Cc1ccnc(C(N)C(=O)O)n1. The van der Waals surface area contributed by atoms with Crippen LogP contribution in [0.1, 0.15) is 31.4 Å². The quantitative estimate of drug-likeness (QED) is 0.764. The van der Waals surface area contributed by atoms with Gasteiger partial charge in [-0.2, -0.15) is 0 Å². The Morgan fingerprint density at radius 1 is 1.60 bits per heavy atom. The van der Waals surface area contributed by atoms with Crippen molar-refractivity contribution in [3.8, 4) is 0 Å². The minimum Gasteiger partial charge on any atom is -0.480 e. The van der Waals surface area contributed by atoms with Crippen molar-refractivity contribution in [2.45, 2.75) is 26.3 Å². The van der Waals surface area contributed by atoms with Crippen LogP contribution in [0, 0.1) is 5.92 Å². The molecule has 82 valence electrons. The molecule has 5 nitrogen and oxygen atoms in total. The highest BCUT2D eigenvalue weighted by Gasteiger charge is 2.17. The standard InChI is InChI=1S/C10H15N3O2/c1-6(2)5-7-3-4-12-9(13-7)8(11)10(14)15/h3-4,6,8H,5,11H2,1-2H3,(H,14,15). The summed E-state index contributed by atoms with van der Waals surface area (Å²) in [4.78, 5) is 18.6. The summed E-state index contributed by atoms with van der Waals surface area (Å²) in [5, 5.41) is 8.70. The fourth-order valence-electron chi connectivity index (χ4n) is 1.21. The summed E-state index contributed by atoms with van der Waals surface area (Å²) >= 11 is 0. The Balaban J connectivity index is 2.87. The third-order valence-corrected chi connectivity index (χ3v) is 1.89. The van der Waals surface area contributed by atoms with Crippen molar-refractivity contribution >= 4 is 5.97 Å². The average Bonchev–Trinajstić information content (AvgIpc) is 2.16. The third kappa shape index (κ3) is 3.28. The highest BCUT2D eigenvalue weighted by atomic mass is 16.4. The van der Waals surface area contributed by atoms with E-state index < -0.39 is 12.0 Å². The second kappa shape index (κ2) is 4.84. The van der Waals surface area contributed by atoms with Crippen molar-refractivity contribution in [1.82, 2.24) is 9.97 Å². The molecule has 0 aliphatic rings. The van der Waals surface area contributed by atoms with Crippen molar-refractivity contribution in [1.29, 1.82) is 0 Å². The molecular formula is C10H15N3O2. The van der Waals surface area contributed by atoms with Crippen molar-refractivity contribution in [2.24, 2.45) is 11.7 Å². The first kappa shape index (κ1) is 11.6. The number of carboxylic acid groups (broad SMARTS) is 1. The van der Waals surface area contributed by atoms with E-state index in [1.165, 1.54) is 0 Å². The molecule has 1 heterocycles. The normalized spacial score (nSPS) is 12.8. The van der Waals surface area contributed by atoms with Crippen molar-refractivity contribution < 1.29 is 9.90 Å². The van der Waals surface area contributed by atoms with E-state index in [-0.39, 0.29) is 5.82 Å². The van der Waals surface area contributed by atoms with Gasteiger partial charge in [-0.3, -0.25) is 4.79 Å². The number of aromatic nitrogens is 2. The minimum absolute atomic E-state index is 0.167. The van der Waals surface area contributed by atoms with Crippen LogP contribution in [0.4, 0.5) is 0 Å². The Kier molecular flexibility index (Phi) is 3.74. The molecule has 1 aromatic rings. The minimum atomic E-state index is -1.14. The maximum absolute atomic E-state index is 10.6. The molecule has 5 heteroatoms. The molecule has 1 aromatic heterocycles. The molecule has 0 aliphatic carbocycles. The van der Waals surface area contributed by atoms with Crippen LogP contribution in [0.5, 0.6) is 0 Å². The van der Waals surface area contributed by atoms with Gasteiger partial charge in [-0.25, -0.2) is 9.97 Å². The second-order valence-corrected chi connectivity index (χ2v) is 3.82. The molecule has 0 amide bonds. The lowest BCUT2D eigenvalue weighted by Crippen LogP contribution is -2.23. The first-order chi connectivity index (χ1) is 7.00. The summed E-state index contributed by atoms with van der Waals surface area (Å²) in [6.07, 6.45) is 2.34. The number of hydrogen-bond acceptors (Lipinski definition) is 4. The van der Waals surface area contributed by atoms with Crippen LogP contribution in [0.15, 0.2) is 12.3 Å². The van der Waals surface area contributed by atoms with E-state index in [0.717, 1.165) is 12.1 Å². The number of hydrogen-bond donors (Lipinski definition) is 2. The molecule has 3 N–H and O–H groups in total. The van der Waals surface area contributed by atoms with Crippen LogP contribution in [0.3, 0.4) is 0 Å². The summed E-state index contributed by atoms with van der Waals surface area (Å²) in [6, 6.07) is 0.634. The molecule has 0 bridgehead atoms. The van der Waals surface area contributed by atoms with E-state index in [1.54, 1.807) is 12.3 Å². The fourth-order valence-corrected chi connectivity index (χ4v) is 1.21. The summed E-state index contributed by atoms with van der Waals surface area (Å²) in [6.45, 7) is 4.14. The van der Waals surface area contributed by atoms with Gasteiger partial charge in [-0.05, 0) is 18.4 Å². The Labute approximate surface area is 88.4 Å². The predicted octanol–water partition coefficient (Wildman–Crippen LogP) is 0.760. The maximum atomic E-state index is 10.6. The van der Waals surface area contributed by atoms with Crippen molar-refractivity contribution in [3.63, 3.8) is 0 Å². The molecule has 0 fully saturated rings. The van der Waals surface area contributed by atoms with Gasteiger partial charge < -0.3 is 10.8 Å². The highest BCUT2D eigenvalue weighted by molar-refractivity contribution is 5.73. The van der Waals surface area contributed by atoms with Gasteiger partial charge in [0.15, 0.2) is 11.9 Å². The van der Waals surface area contributed by atoms with Gasteiger partial charge in [-0.1, -0.05) is 13.8 Å². The van der Waals surface area contributed by atoms with E-state index in [0.29, 0.717) is 5.92 Å². The smallest absolute Gasteiger partial charge is 0.328 e. The van der Waals surface area contributed by atoms with Crippen LogP contribution < -0.4 is 5.73 Å². The van der Waals surface area contributed by atoms with Gasteiger partial charge in [0, 0.05) is 11.9 Å². The first-order valence-corrected chi connectivity index (χ1v) is 4.81. The number of carboxylic acids is 1. The lowest BCUT2D eigenvalue weighted by molar-refractivity contribution is -0.138. The van der Waals surface area contributed by atoms with E-state index >= 15 is 0 Å². The molecular weight excluding hydrogens is 194 g/mol. The monoisotopic (exact) mass is 209 g/mol. The van der Waals surface area contributed by atoms with Crippen molar-refractivity contribution in [2.75, 3.05) is 0 Å². The zero-order chi connectivity index (χ0) is 11.4. The van der Waals surface area contributed by atoms with E-state index in [1.807, 2.05) is 0 Å². The Bertz CT molecular complexity index is 352. The van der Waals surface area contributed by atoms with Gasteiger partial charge in [0.05, 0.1) is 0 Å². The van der Waals surface area contributed by atoms with Crippen LogP contribution in [-0.4, -0.2) is 21.0 Å². The molecule has 0 saturated carbocycles. The maximum Gasteiger partial charge on any atom is 0.328 e. The first-order valence-electron chi connectivity index (χ1n) is 4.81. The number of rotatable bonds is 4. The molecule has 15 heavy (non-hydrogen) atoms. The molecule has 1 atom stereocenters. The van der Waals surface area contributed by atoms with E-state index in [2.05, 4.69) is 23.8 Å². The lowest BCUT2D eigenvalue weighted by atomic mass is 10.1. The van der Waals surface area contributed by atoms with Crippen LogP contribution in [0.25, 0.3) is 0 Å². The summed E-state index contributed by atoms with van der Waals surface area (Å²) < 4.78 is 0. The Morgan fingerprint density at radius 2 is 2.27 bits per heavy atom. The lowest BCUT2D eigenvalue weighted by Gasteiger charge is -2.08. The zero-order valence-corrected chi connectivity index (χ0v) is 8.84. The number of carbonyl (C=O) groups is 1. The van der Waals surface area contributed by atoms with Crippen molar-refractivity contribution in [3.05, 3.63) is 23.8 Å². The topological polar surface area (TPSA) is 89.1 Å². The van der Waals surface area contributed by atoms with Crippen LogP contribution in [-0.2, 0) is 11.2 Å². The number of nitrogens with zero attached hydrogens (tertiary/aromatic N) is 2. The summed E-state index contributed by atoms with van der Waals surface area (Å²) in [5.74, 6) is -0.480. The number of nitrogens with two attached hydrogens (primary N) is 1. The van der Waals surface area contributed by atoms with Gasteiger partial charge in [0.25, 0.3) is 0 Å². The molecule has 1 rings (SSSR count). The Morgan fingerprint density at radius 3 is 2.80 bits per heavy atom. The van der Waals surface area contributed by atoms with E-state index in [4.69, 9.17) is 10.8 Å². The molecule has 0 aliphatic heterocycles. The van der Waals surface area contributed by atoms with Gasteiger partial charge >= 0.3 is 5.97 Å². The number of aliphatic carboxylic acids is 1. The van der Waals surface area contributed by atoms with Gasteiger partial charge in [0.2, 0.25) is 0 Å². The highest BCUT2D eigenvalue weighted by Crippen LogP contribution is 2.08. The van der Waals surface area contributed by atoms with Gasteiger partial charge in [0.1, 0.15) is 0 Å². The molecule has 0 radical (unpaired) electrons. The zero-order valence-electron chi connectivity index (χ0n) is 8.84. The Hall–Kier alpha value is -1.49. The largest absolute Gasteiger partial charge is 0.480 e. The summed E-state index contributed by atoms with van der Waals surface area (Å²) in [7, 11) is 0. The van der Waals surface area contributed by atoms with Crippen LogP contribution >= 0.6 is 0 Å². The second-order valence-electron chi connectivity index (χ2n) is 3.82. The average molecular weight is 209 g/mol. The summed E-state index contributed by atoms with van der Waals surface area (Å²) in [5.41, 5.74) is 6.24. The van der Waals surface area contributed by atoms with Crippen LogP contribution in [0.2, 0.25) is 0 Å². The molecule has 1 unspecified atom stereocenters. The molecule has 0 aromatic carbocycles.